The number of ether oxygens (including phenoxy) is 2. The number of benzene rings is 1. The lowest BCUT2D eigenvalue weighted by Crippen LogP contribution is -2.38. The van der Waals surface area contributed by atoms with Crippen LogP contribution in [0, 0.1) is 0 Å². The summed E-state index contributed by atoms with van der Waals surface area (Å²) in [5, 5.41) is 10.1. The van der Waals surface area contributed by atoms with E-state index < -0.39 is 0 Å². The van der Waals surface area contributed by atoms with Crippen LogP contribution < -0.4 is 10.1 Å². The standard InChI is InChI=1S/C21H26N4O4/c1-28-15-6-4-14(5-7-15)11-19(26)25-9-8-18-17(13-25)20(24-23-18)21(27)22-12-16-3-2-10-29-16/h4-7,16H,2-3,8-13H2,1H3,(H,22,27)(H,23,24). The van der Waals surface area contributed by atoms with Crippen LogP contribution in [-0.2, 0) is 28.9 Å². The zero-order valence-electron chi connectivity index (χ0n) is 16.6. The molecule has 3 heterocycles. The zero-order chi connectivity index (χ0) is 20.2. The van der Waals surface area contributed by atoms with E-state index in [1.807, 2.05) is 24.3 Å². The summed E-state index contributed by atoms with van der Waals surface area (Å²) in [6.07, 6.45) is 3.06. The quantitative estimate of drug-likeness (QED) is 0.768. The number of methoxy groups -OCH3 is 1. The second-order valence-corrected chi connectivity index (χ2v) is 7.46. The molecule has 1 saturated heterocycles. The van der Waals surface area contributed by atoms with E-state index >= 15 is 0 Å². The third-order valence-electron chi connectivity index (χ3n) is 5.53. The van der Waals surface area contributed by atoms with Gasteiger partial charge in [-0.1, -0.05) is 12.1 Å². The Morgan fingerprint density at radius 3 is 2.90 bits per heavy atom. The van der Waals surface area contributed by atoms with Crippen LogP contribution in [0.2, 0.25) is 0 Å². The Labute approximate surface area is 169 Å². The number of nitrogens with zero attached hydrogens (tertiary/aromatic N) is 2. The first kappa shape index (κ1) is 19.4. The van der Waals surface area contributed by atoms with Crippen molar-refractivity contribution in [1.29, 1.82) is 0 Å². The minimum absolute atomic E-state index is 0.0349. The van der Waals surface area contributed by atoms with Crippen molar-refractivity contribution in [2.75, 3.05) is 26.8 Å². The van der Waals surface area contributed by atoms with Gasteiger partial charge in [-0.15, -0.1) is 0 Å². The van der Waals surface area contributed by atoms with Gasteiger partial charge in [-0.05, 0) is 30.5 Å². The fraction of sp³-hybridized carbons (Fsp3) is 0.476. The molecule has 0 aliphatic carbocycles. The smallest absolute Gasteiger partial charge is 0.272 e. The fourth-order valence-electron chi connectivity index (χ4n) is 3.82. The van der Waals surface area contributed by atoms with Gasteiger partial charge in [-0.3, -0.25) is 14.7 Å². The number of fused-ring (bicyclic) bond motifs is 1. The number of amides is 2. The summed E-state index contributed by atoms with van der Waals surface area (Å²) >= 11 is 0. The van der Waals surface area contributed by atoms with E-state index in [1.54, 1.807) is 12.0 Å². The number of hydrogen-bond acceptors (Lipinski definition) is 5. The van der Waals surface area contributed by atoms with Crippen molar-refractivity contribution in [2.24, 2.45) is 0 Å². The summed E-state index contributed by atoms with van der Waals surface area (Å²) in [4.78, 5) is 27.2. The number of hydrogen-bond donors (Lipinski definition) is 2. The Balaban J connectivity index is 1.38. The molecule has 1 fully saturated rings. The molecule has 2 N–H and O–H groups in total. The van der Waals surface area contributed by atoms with Gasteiger partial charge in [0.25, 0.3) is 5.91 Å². The van der Waals surface area contributed by atoms with Gasteiger partial charge >= 0.3 is 0 Å². The lowest BCUT2D eigenvalue weighted by atomic mass is 10.0. The van der Waals surface area contributed by atoms with Crippen molar-refractivity contribution in [3.8, 4) is 5.75 Å². The van der Waals surface area contributed by atoms with Gasteiger partial charge < -0.3 is 19.7 Å². The van der Waals surface area contributed by atoms with Crippen LogP contribution in [-0.4, -0.2) is 59.8 Å². The molecule has 0 radical (unpaired) electrons. The molecule has 4 rings (SSSR count). The SMILES string of the molecule is COc1ccc(CC(=O)N2CCc3[nH]nc(C(=O)NCC4CCCO4)c3C2)cc1. The van der Waals surface area contributed by atoms with E-state index in [0.717, 1.165) is 42.0 Å². The van der Waals surface area contributed by atoms with Crippen LogP contribution in [0.15, 0.2) is 24.3 Å². The first-order chi connectivity index (χ1) is 14.1. The first-order valence-electron chi connectivity index (χ1n) is 10.0. The number of aromatic amines is 1. The molecule has 2 aromatic rings. The Hall–Kier alpha value is -2.87. The molecule has 0 bridgehead atoms. The highest BCUT2D eigenvalue weighted by atomic mass is 16.5. The highest BCUT2D eigenvalue weighted by Gasteiger charge is 2.28. The average molecular weight is 398 g/mol. The van der Waals surface area contributed by atoms with Crippen LogP contribution in [0.1, 0.15) is 40.2 Å². The summed E-state index contributed by atoms with van der Waals surface area (Å²) in [6.45, 7) is 2.24. The Morgan fingerprint density at radius 2 is 2.17 bits per heavy atom. The average Bonchev–Trinajstić information content (AvgIpc) is 3.42. The second-order valence-electron chi connectivity index (χ2n) is 7.46. The van der Waals surface area contributed by atoms with E-state index in [-0.39, 0.29) is 17.9 Å². The monoisotopic (exact) mass is 398 g/mol. The fourth-order valence-corrected chi connectivity index (χ4v) is 3.82. The molecule has 0 saturated carbocycles. The molecule has 1 aromatic heterocycles. The number of carbonyl (C=O) groups is 2. The van der Waals surface area contributed by atoms with Gasteiger partial charge in [0, 0.05) is 43.9 Å². The number of nitrogens with one attached hydrogen (secondary N) is 2. The topological polar surface area (TPSA) is 96.5 Å². The summed E-state index contributed by atoms with van der Waals surface area (Å²) in [5.41, 5.74) is 3.05. The number of carbonyl (C=O) groups excluding carboxylic acids is 2. The molecule has 154 valence electrons. The van der Waals surface area contributed by atoms with E-state index in [2.05, 4.69) is 15.5 Å². The maximum Gasteiger partial charge on any atom is 0.272 e. The van der Waals surface area contributed by atoms with Crippen molar-refractivity contribution in [3.63, 3.8) is 0 Å². The third-order valence-corrected chi connectivity index (χ3v) is 5.53. The van der Waals surface area contributed by atoms with Crippen LogP contribution >= 0.6 is 0 Å². The molecular weight excluding hydrogens is 372 g/mol. The predicted octanol–water partition coefficient (Wildman–Crippen LogP) is 1.45. The van der Waals surface area contributed by atoms with Crippen molar-refractivity contribution >= 4 is 11.8 Å². The maximum absolute atomic E-state index is 12.8. The van der Waals surface area contributed by atoms with Crippen molar-refractivity contribution in [1.82, 2.24) is 20.4 Å². The highest BCUT2D eigenvalue weighted by molar-refractivity contribution is 5.94. The number of rotatable bonds is 6. The lowest BCUT2D eigenvalue weighted by Gasteiger charge is -2.27. The molecule has 0 spiro atoms. The van der Waals surface area contributed by atoms with Crippen LogP contribution in [0.3, 0.4) is 0 Å². The summed E-state index contributed by atoms with van der Waals surface area (Å²) in [6, 6.07) is 7.49. The lowest BCUT2D eigenvalue weighted by molar-refractivity contribution is -0.131. The van der Waals surface area contributed by atoms with E-state index in [9.17, 15) is 9.59 Å². The molecule has 2 aliphatic heterocycles. The minimum atomic E-state index is -0.220. The highest BCUT2D eigenvalue weighted by Crippen LogP contribution is 2.22. The molecule has 2 amide bonds. The molecule has 29 heavy (non-hydrogen) atoms. The van der Waals surface area contributed by atoms with Crippen LogP contribution in [0.5, 0.6) is 5.75 Å². The molecule has 1 aromatic carbocycles. The van der Waals surface area contributed by atoms with Gasteiger partial charge in [0.05, 0.1) is 19.6 Å². The Bertz CT molecular complexity index is 871. The summed E-state index contributed by atoms with van der Waals surface area (Å²) < 4.78 is 10.7. The van der Waals surface area contributed by atoms with Crippen molar-refractivity contribution in [3.05, 3.63) is 46.8 Å². The van der Waals surface area contributed by atoms with Gasteiger partial charge in [-0.25, -0.2) is 0 Å². The second kappa shape index (κ2) is 8.65. The maximum atomic E-state index is 12.8. The predicted molar refractivity (Wildman–Crippen MR) is 106 cm³/mol. The summed E-state index contributed by atoms with van der Waals surface area (Å²) in [5.74, 6) is 0.580. The van der Waals surface area contributed by atoms with Gasteiger partial charge in [0.15, 0.2) is 5.69 Å². The molecular formula is C21H26N4O4. The zero-order valence-corrected chi connectivity index (χ0v) is 16.6. The molecule has 8 nitrogen and oxygen atoms in total. The Morgan fingerprint density at radius 1 is 1.34 bits per heavy atom. The minimum Gasteiger partial charge on any atom is -0.497 e. The van der Waals surface area contributed by atoms with Crippen molar-refractivity contribution in [2.45, 2.75) is 38.3 Å². The van der Waals surface area contributed by atoms with Crippen LogP contribution in [0.4, 0.5) is 0 Å². The Kier molecular flexibility index (Phi) is 5.80. The molecule has 8 heteroatoms. The van der Waals surface area contributed by atoms with Gasteiger partial charge in [0.2, 0.25) is 5.91 Å². The van der Waals surface area contributed by atoms with E-state index in [0.29, 0.717) is 38.2 Å². The van der Waals surface area contributed by atoms with Crippen LogP contribution in [0.25, 0.3) is 0 Å². The van der Waals surface area contributed by atoms with E-state index in [4.69, 9.17) is 9.47 Å². The third kappa shape index (κ3) is 4.42. The molecule has 1 unspecified atom stereocenters. The summed E-state index contributed by atoms with van der Waals surface area (Å²) in [7, 11) is 1.62. The van der Waals surface area contributed by atoms with Gasteiger partial charge in [0.1, 0.15) is 5.75 Å². The van der Waals surface area contributed by atoms with Gasteiger partial charge in [-0.2, -0.15) is 5.10 Å². The number of H-pyrrole nitrogens is 1. The molecule has 2 aliphatic rings. The largest absolute Gasteiger partial charge is 0.497 e. The normalized spacial score (nSPS) is 18.4. The van der Waals surface area contributed by atoms with Crippen molar-refractivity contribution < 1.29 is 19.1 Å². The first-order valence-corrected chi connectivity index (χ1v) is 10.0. The molecule has 1 atom stereocenters. The van der Waals surface area contributed by atoms with E-state index in [1.165, 1.54) is 0 Å². The number of aromatic nitrogens is 2.